The molecule has 2 aromatic rings. The summed E-state index contributed by atoms with van der Waals surface area (Å²) in [6.45, 7) is 7.19. The molecule has 1 heterocycles. The Morgan fingerprint density at radius 2 is 1.83 bits per heavy atom. The van der Waals surface area contributed by atoms with Crippen LogP contribution in [-0.2, 0) is 14.3 Å². The number of likely N-dealkylation sites (tertiary alicyclic amines) is 1. The molecule has 2 N–H and O–H groups in total. The van der Waals surface area contributed by atoms with E-state index in [0.29, 0.717) is 42.4 Å². The zero-order valence-corrected chi connectivity index (χ0v) is 20.8. The van der Waals surface area contributed by atoms with Crippen molar-refractivity contribution in [3.63, 3.8) is 0 Å². The Labute approximate surface area is 205 Å². The van der Waals surface area contributed by atoms with Gasteiger partial charge in [0.05, 0.1) is 25.3 Å². The Kier molecular flexibility index (Phi) is 8.40. The summed E-state index contributed by atoms with van der Waals surface area (Å²) in [6, 6.07) is 8.92. The van der Waals surface area contributed by atoms with Gasteiger partial charge in [-0.3, -0.25) is 9.59 Å². The van der Waals surface area contributed by atoms with Crippen molar-refractivity contribution in [1.82, 2.24) is 4.90 Å². The van der Waals surface area contributed by atoms with Gasteiger partial charge in [-0.25, -0.2) is 0 Å². The number of carbonyl (C=O) groups is 2. The van der Waals surface area contributed by atoms with Crippen molar-refractivity contribution in [2.75, 3.05) is 34.0 Å². The maximum atomic E-state index is 13.2. The standard InChI is InChI=1S/C27H33NO7/c1-16(2)15-35-21-10-8-19(13-17(21)3)25(30)23-24(18-7-9-20(29)22(14-18)34-5)28(11-6-12-33-4)27(32)26(23)31/h7-10,13-14,16,24,29-30H,6,11-12,15H2,1-5H3. The average molecular weight is 484 g/mol. The van der Waals surface area contributed by atoms with Gasteiger partial charge in [-0.1, -0.05) is 19.9 Å². The smallest absolute Gasteiger partial charge is 0.295 e. The third-order valence-corrected chi connectivity index (χ3v) is 5.83. The minimum absolute atomic E-state index is 0.0181. The highest BCUT2D eigenvalue weighted by Crippen LogP contribution is 2.42. The average Bonchev–Trinajstić information content (AvgIpc) is 3.08. The molecule has 1 fully saturated rings. The number of methoxy groups -OCH3 is 2. The number of phenolic OH excluding ortho intramolecular Hbond substituents is 1. The fourth-order valence-electron chi connectivity index (χ4n) is 4.07. The summed E-state index contributed by atoms with van der Waals surface area (Å²) < 4.78 is 16.2. The Morgan fingerprint density at radius 3 is 2.46 bits per heavy atom. The third kappa shape index (κ3) is 5.59. The second-order valence-electron chi connectivity index (χ2n) is 8.96. The summed E-state index contributed by atoms with van der Waals surface area (Å²) >= 11 is 0. The van der Waals surface area contributed by atoms with Crippen LogP contribution in [0.5, 0.6) is 17.2 Å². The van der Waals surface area contributed by atoms with Crippen molar-refractivity contribution in [3.8, 4) is 17.2 Å². The molecule has 35 heavy (non-hydrogen) atoms. The third-order valence-electron chi connectivity index (χ3n) is 5.83. The molecule has 8 nitrogen and oxygen atoms in total. The Morgan fingerprint density at radius 1 is 1.09 bits per heavy atom. The summed E-state index contributed by atoms with van der Waals surface area (Å²) in [5, 5.41) is 21.3. The van der Waals surface area contributed by atoms with Gasteiger partial charge in [0.1, 0.15) is 11.5 Å². The van der Waals surface area contributed by atoms with Crippen LogP contribution in [0, 0.1) is 12.8 Å². The van der Waals surface area contributed by atoms with Gasteiger partial charge >= 0.3 is 0 Å². The minimum Gasteiger partial charge on any atom is -0.507 e. The Balaban J connectivity index is 2.10. The Bertz CT molecular complexity index is 1120. The minimum atomic E-state index is -0.849. The first-order valence-electron chi connectivity index (χ1n) is 11.6. The molecule has 1 atom stereocenters. The van der Waals surface area contributed by atoms with Crippen LogP contribution in [0.2, 0.25) is 0 Å². The van der Waals surface area contributed by atoms with Gasteiger partial charge in [-0.2, -0.15) is 0 Å². The highest BCUT2D eigenvalue weighted by Gasteiger charge is 2.46. The van der Waals surface area contributed by atoms with E-state index in [1.165, 1.54) is 18.1 Å². The molecule has 1 saturated heterocycles. The fourth-order valence-corrected chi connectivity index (χ4v) is 4.07. The van der Waals surface area contributed by atoms with Crippen molar-refractivity contribution in [2.24, 2.45) is 5.92 Å². The monoisotopic (exact) mass is 483 g/mol. The molecule has 8 heteroatoms. The number of hydrogen-bond donors (Lipinski definition) is 2. The van der Waals surface area contributed by atoms with Gasteiger partial charge < -0.3 is 29.3 Å². The van der Waals surface area contributed by atoms with E-state index in [-0.39, 0.29) is 29.4 Å². The number of amides is 1. The van der Waals surface area contributed by atoms with Crippen LogP contribution in [0.4, 0.5) is 0 Å². The lowest BCUT2D eigenvalue weighted by molar-refractivity contribution is -0.140. The SMILES string of the molecule is COCCCN1C(=O)C(=O)C(=C(O)c2ccc(OCC(C)C)c(C)c2)C1c1ccc(O)c(OC)c1. The summed E-state index contributed by atoms with van der Waals surface area (Å²) in [5.74, 6) is -0.558. The lowest BCUT2D eigenvalue weighted by Crippen LogP contribution is -2.31. The molecule has 1 amide bonds. The number of aromatic hydroxyl groups is 1. The second kappa shape index (κ2) is 11.3. The highest BCUT2D eigenvalue weighted by molar-refractivity contribution is 6.46. The first kappa shape index (κ1) is 26.1. The highest BCUT2D eigenvalue weighted by atomic mass is 16.5. The van der Waals surface area contributed by atoms with E-state index < -0.39 is 17.7 Å². The molecule has 0 saturated carbocycles. The number of aliphatic hydroxyl groups is 1. The Hall–Kier alpha value is -3.52. The molecule has 0 bridgehead atoms. The van der Waals surface area contributed by atoms with E-state index in [1.807, 2.05) is 6.92 Å². The largest absolute Gasteiger partial charge is 0.507 e. The topological polar surface area (TPSA) is 106 Å². The second-order valence-corrected chi connectivity index (χ2v) is 8.96. The number of Topliss-reactive ketones (excluding diaryl/α,β-unsaturated/α-hetero) is 1. The molecule has 1 aliphatic rings. The number of benzene rings is 2. The number of ketones is 1. The quantitative estimate of drug-likeness (QED) is 0.226. The normalized spacial score (nSPS) is 17.3. The predicted molar refractivity (Wildman–Crippen MR) is 132 cm³/mol. The number of carbonyl (C=O) groups excluding carboxylic acids is 2. The number of hydrogen-bond acceptors (Lipinski definition) is 7. The number of phenols is 1. The molecule has 0 spiro atoms. The molecule has 0 aromatic heterocycles. The van der Waals surface area contributed by atoms with Gasteiger partial charge in [-0.05, 0) is 60.7 Å². The lowest BCUT2D eigenvalue weighted by Gasteiger charge is -2.25. The molecule has 0 aliphatic carbocycles. The van der Waals surface area contributed by atoms with Gasteiger partial charge in [0.2, 0.25) is 0 Å². The maximum Gasteiger partial charge on any atom is 0.295 e. The lowest BCUT2D eigenvalue weighted by atomic mass is 9.94. The van der Waals surface area contributed by atoms with Crippen molar-refractivity contribution < 1.29 is 34.0 Å². The van der Waals surface area contributed by atoms with Crippen molar-refractivity contribution in [1.29, 1.82) is 0 Å². The zero-order chi connectivity index (χ0) is 25.7. The van der Waals surface area contributed by atoms with Gasteiger partial charge in [0.15, 0.2) is 11.5 Å². The van der Waals surface area contributed by atoms with E-state index in [4.69, 9.17) is 14.2 Å². The van der Waals surface area contributed by atoms with Crippen molar-refractivity contribution >= 4 is 17.4 Å². The van der Waals surface area contributed by atoms with E-state index in [1.54, 1.807) is 37.4 Å². The first-order valence-corrected chi connectivity index (χ1v) is 11.6. The predicted octanol–water partition coefficient (Wildman–Crippen LogP) is 4.20. The summed E-state index contributed by atoms with van der Waals surface area (Å²) in [4.78, 5) is 27.6. The van der Waals surface area contributed by atoms with E-state index in [0.717, 1.165) is 5.56 Å². The van der Waals surface area contributed by atoms with Crippen LogP contribution in [0.1, 0.15) is 43.0 Å². The molecule has 2 aromatic carbocycles. The molecule has 1 aliphatic heterocycles. The molecular formula is C27H33NO7. The fraction of sp³-hybridized carbons (Fsp3) is 0.407. The zero-order valence-electron chi connectivity index (χ0n) is 20.8. The number of rotatable bonds is 10. The van der Waals surface area contributed by atoms with Crippen molar-refractivity contribution in [2.45, 2.75) is 33.2 Å². The van der Waals surface area contributed by atoms with E-state index in [9.17, 15) is 19.8 Å². The van der Waals surface area contributed by atoms with Crippen LogP contribution >= 0.6 is 0 Å². The molecule has 0 radical (unpaired) electrons. The van der Waals surface area contributed by atoms with Crippen LogP contribution < -0.4 is 9.47 Å². The maximum absolute atomic E-state index is 13.2. The number of nitrogens with zero attached hydrogens (tertiary/aromatic N) is 1. The van der Waals surface area contributed by atoms with Gasteiger partial charge in [-0.15, -0.1) is 0 Å². The van der Waals surface area contributed by atoms with Crippen LogP contribution in [0.15, 0.2) is 42.0 Å². The van der Waals surface area contributed by atoms with E-state index in [2.05, 4.69) is 13.8 Å². The number of aryl methyl sites for hydroxylation is 1. The molecule has 188 valence electrons. The molecule has 1 unspecified atom stereocenters. The summed E-state index contributed by atoms with van der Waals surface area (Å²) in [5.41, 5.74) is 1.72. The van der Waals surface area contributed by atoms with Gasteiger partial charge in [0.25, 0.3) is 11.7 Å². The molecular weight excluding hydrogens is 450 g/mol. The van der Waals surface area contributed by atoms with Crippen LogP contribution in [0.3, 0.4) is 0 Å². The summed E-state index contributed by atoms with van der Waals surface area (Å²) in [7, 11) is 2.98. The molecule has 3 rings (SSSR count). The summed E-state index contributed by atoms with van der Waals surface area (Å²) in [6.07, 6.45) is 0.510. The van der Waals surface area contributed by atoms with Crippen molar-refractivity contribution in [3.05, 3.63) is 58.7 Å². The van der Waals surface area contributed by atoms with E-state index >= 15 is 0 Å². The first-order chi connectivity index (χ1) is 16.7. The van der Waals surface area contributed by atoms with Crippen LogP contribution in [-0.4, -0.2) is 60.8 Å². The number of aliphatic hydroxyl groups excluding tert-OH is 1. The van der Waals surface area contributed by atoms with Gasteiger partial charge in [0, 0.05) is 25.8 Å². The van der Waals surface area contributed by atoms with Crippen LogP contribution in [0.25, 0.3) is 5.76 Å². The number of ether oxygens (including phenoxy) is 3.